The number of hydrogen-bond acceptors (Lipinski definition) is 2. The van der Waals surface area contributed by atoms with Crippen LogP contribution < -0.4 is 5.32 Å². The number of benzene rings is 1. The van der Waals surface area contributed by atoms with Crippen LogP contribution in [0.3, 0.4) is 0 Å². The van der Waals surface area contributed by atoms with Gasteiger partial charge in [-0.2, -0.15) is 0 Å². The third kappa shape index (κ3) is 2.68. The number of rotatable bonds is 5. The lowest BCUT2D eigenvalue weighted by Crippen LogP contribution is -2.39. The van der Waals surface area contributed by atoms with E-state index < -0.39 is 5.41 Å². The molecule has 1 aromatic heterocycles. The normalized spacial score (nSPS) is 17.3. The summed E-state index contributed by atoms with van der Waals surface area (Å²) in [7, 11) is 0. The number of hydrogen-bond donors (Lipinski definition) is 1. The molecule has 22 heavy (non-hydrogen) atoms. The summed E-state index contributed by atoms with van der Waals surface area (Å²) in [5.74, 6) is -0.0453. The van der Waals surface area contributed by atoms with Crippen molar-refractivity contribution in [3.63, 3.8) is 0 Å². The predicted octanol–water partition coefficient (Wildman–Crippen LogP) is 4.43. The van der Waals surface area contributed by atoms with Crippen molar-refractivity contribution in [3.05, 3.63) is 58.0 Å². The highest BCUT2D eigenvalue weighted by Crippen LogP contribution is 2.49. The number of halogens is 1. The Hall–Kier alpha value is -1.68. The SMILES string of the molecule is CC(C)[C@H](NC(=O)C1(c2ccccc2F)CC1)c1cccs1. The summed E-state index contributed by atoms with van der Waals surface area (Å²) >= 11 is 1.64. The molecule has 1 saturated carbocycles. The molecule has 1 aromatic carbocycles. The van der Waals surface area contributed by atoms with E-state index in [9.17, 15) is 9.18 Å². The van der Waals surface area contributed by atoms with Crippen LogP contribution in [-0.2, 0) is 10.2 Å². The highest BCUT2D eigenvalue weighted by molar-refractivity contribution is 7.10. The van der Waals surface area contributed by atoms with Gasteiger partial charge in [0.25, 0.3) is 0 Å². The van der Waals surface area contributed by atoms with Crippen molar-refractivity contribution in [2.45, 2.75) is 38.1 Å². The fourth-order valence-corrected chi connectivity index (χ4v) is 3.86. The molecule has 1 N–H and O–H groups in total. The van der Waals surface area contributed by atoms with Gasteiger partial charge in [0.05, 0.1) is 11.5 Å². The Balaban J connectivity index is 1.83. The molecule has 0 spiro atoms. The average Bonchev–Trinajstić information content (AvgIpc) is 3.12. The van der Waals surface area contributed by atoms with Crippen molar-refractivity contribution < 1.29 is 9.18 Å². The van der Waals surface area contributed by atoms with E-state index in [4.69, 9.17) is 0 Å². The molecule has 116 valence electrons. The zero-order chi connectivity index (χ0) is 15.7. The first-order valence-electron chi connectivity index (χ1n) is 7.64. The standard InChI is InChI=1S/C18H20FNOS/c1-12(2)16(15-8-5-11-22-15)20-17(21)18(9-10-18)13-6-3-4-7-14(13)19/h3-8,11-12,16H,9-10H2,1-2H3,(H,20,21)/t16-/m0/s1. The third-order valence-corrected chi connectivity index (χ3v) is 5.33. The van der Waals surface area contributed by atoms with Crippen LogP contribution in [0.5, 0.6) is 0 Å². The fraction of sp³-hybridized carbons (Fsp3) is 0.389. The lowest BCUT2D eigenvalue weighted by atomic mass is 9.93. The van der Waals surface area contributed by atoms with Gasteiger partial charge < -0.3 is 5.32 Å². The molecule has 0 radical (unpaired) electrons. The maximum atomic E-state index is 14.1. The maximum absolute atomic E-state index is 14.1. The van der Waals surface area contributed by atoms with Crippen LogP contribution in [-0.4, -0.2) is 5.91 Å². The lowest BCUT2D eigenvalue weighted by Gasteiger charge is -2.25. The molecular weight excluding hydrogens is 297 g/mol. The molecule has 1 aliphatic carbocycles. The molecule has 0 bridgehead atoms. The number of carbonyl (C=O) groups excluding carboxylic acids is 1. The van der Waals surface area contributed by atoms with E-state index in [1.807, 2.05) is 17.5 Å². The Kier molecular flexibility index (Phi) is 4.04. The average molecular weight is 317 g/mol. The van der Waals surface area contributed by atoms with E-state index in [0.717, 1.165) is 17.7 Å². The van der Waals surface area contributed by atoms with Crippen LogP contribution in [0.15, 0.2) is 41.8 Å². The maximum Gasteiger partial charge on any atom is 0.231 e. The van der Waals surface area contributed by atoms with Crippen LogP contribution in [0.1, 0.15) is 43.2 Å². The van der Waals surface area contributed by atoms with Gasteiger partial charge in [-0.3, -0.25) is 4.79 Å². The molecule has 0 aliphatic heterocycles. The highest BCUT2D eigenvalue weighted by Gasteiger charge is 2.53. The van der Waals surface area contributed by atoms with Crippen LogP contribution in [0.25, 0.3) is 0 Å². The predicted molar refractivity (Wildman–Crippen MR) is 87.4 cm³/mol. The van der Waals surface area contributed by atoms with Gasteiger partial charge in [0.1, 0.15) is 5.82 Å². The molecule has 1 aliphatic rings. The summed E-state index contributed by atoms with van der Waals surface area (Å²) in [5, 5.41) is 5.17. The minimum atomic E-state index is -0.671. The first-order valence-corrected chi connectivity index (χ1v) is 8.52. The quantitative estimate of drug-likeness (QED) is 0.868. The largest absolute Gasteiger partial charge is 0.347 e. The van der Waals surface area contributed by atoms with Crippen molar-refractivity contribution in [1.82, 2.24) is 5.32 Å². The van der Waals surface area contributed by atoms with E-state index in [0.29, 0.717) is 11.5 Å². The second-order valence-electron chi connectivity index (χ2n) is 6.27. The Morgan fingerprint density at radius 2 is 1.95 bits per heavy atom. The Bertz CT molecular complexity index is 661. The minimum Gasteiger partial charge on any atom is -0.347 e. The number of amides is 1. The van der Waals surface area contributed by atoms with Gasteiger partial charge in [0.2, 0.25) is 5.91 Å². The van der Waals surface area contributed by atoms with Crippen LogP contribution in [0.4, 0.5) is 4.39 Å². The highest BCUT2D eigenvalue weighted by atomic mass is 32.1. The van der Waals surface area contributed by atoms with Crippen LogP contribution in [0, 0.1) is 11.7 Å². The Morgan fingerprint density at radius 3 is 2.50 bits per heavy atom. The second-order valence-corrected chi connectivity index (χ2v) is 7.25. The molecule has 1 heterocycles. The van der Waals surface area contributed by atoms with Crippen molar-refractivity contribution in [3.8, 4) is 0 Å². The van der Waals surface area contributed by atoms with Gasteiger partial charge >= 0.3 is 0 Å². The Morgan fingerprint density at radius 1 is 1.23 bits per heavy atom. The topological polar surface area (TPSA) is 29.1 Å². The summed E-state index contributed by atoms with van der Waals surface area (Å²) in [6.45, 7) is 4.18. The molecular formula is C18H20FNOS. The number of nitrogens with one attached hydrogen (secondary N) is 1. The van der Waals surface area contributed by atoms with Gasteiger partial charge in [-0.25, -0.2) is 4.39 Å². The van der Waals surface area contributed by atoms with Gasteiger partial charge in [-0.15, -0.1) is 11.3 Å². The molecule has 2 aromatic rings. The van der Waals surface area contributed by atoms with Gasteiger partial charge in [-0.1, -0.05) is 38.1 Å². The van der Waals surface area contributed by atoms with Gasteiger partial charge in [0, 0.05) is 10.4 Å². The second kappa shape index (κ2) is 5.84. The lowest BCUT2D eigenvalue weighted by molar-refractivity contribution is -0.124. The summed E-state index contributed by atoms with van der Waals surface area (Å²) in [5.41, 5.74) is -0.142. The van der Waals surface area contributed by atoms with E-state index >= 15 is 0 Å². The van der Waals surface area contributed by atoms with E-state index in [1.54, 1.807) is 29.5 Å². The van der Waals surface area contributed by atoms with E-state index in [1.165, 1.54) is 6.07 Å². The summed E-state index contributed by atoms with van der Waals surface area (Å²) in [6.07, 6.45) is 1.43. The summed E-state index contributed by atoms with van der Waals surface area (Å²) in [4.78, 5) is 14.0. The van der Waals surface area contributed by atoms with Crippen LogP contribution in [0.2, 0.25) is 0 Å². The number of carbonyl (C=O) groups is 1. The van der Waals surface area contributed by atoms with E-state index in [-0.39, 0.29) is 17.8 Å². The Labute approximate surface area is 134 Å². The smallest absolute Gasteiger partial charge is 0.231 e. The zero-order valence-electron chi connectivity index (χ0n) is 12.8. The van der Waals surface area contributed by atoms with Crippen molar-refractivity contribution >= 4 is 17.2 Å². The van der Waals surface area contributed by atoms with Crippen molar-refractivity contribution in [1.29, 1.82) is 0 Å². The molecule has 1 amide bonds. The van der Waals surface area contributed by atoms with Crippen molar-refractivity contribution in [2.24, 2.45) is 5.92 Å². The van der Waals surface area contributed by atoms with E-state index in [2.05, 4.69) is 19.2 Å². The molecule has 1 fully saturated rings. The first-order chi connectivity index (χ1) is 10.5. The fourth-order valence-electron chi connectivity index (χ4n) is 2.91. The van der Waals surface area contributed by atoms with Crippen LogP contribution >= 0.6 is 11.3 Å². The molecule has 0 saturated heterocycles. The summed E-state index contributed by atoms with van der Waals surface area (Å²) in [6, 6.07) is 10.6. The molecule has 3 rings (SSSR count). The minimum absolute atomic E-state index is 0.0169. The van der Waals surface area contributed by atoms with Crippen molar-refractivity contribution in [2.75, 3.05) is 0 Å². The molecule has 0 unspecified atom stereocenters. The van der Waals surface area contributed by atoms with Gasteiger partial charge in [0.15, 0.2) is 0 Å². The summed E-state index contributed by atoms with van der Waals surface area (Å²) < 4.78 is 14.1. The third-order valence-electron chi connectivity index (χ3n) is 4.38. The van der Waals surface area contributed by atoms with Gasteiger partial charge in [-0.05, 0) is 36.3 Å². The molecule has 4 heteroatoms. The molecule has 2 nitrogen and oxygen atoms in total. The molecule has 1 atom stereocenters. The zero-order valence-corrected chi connectivity index (χ0v) is 13.6. The monoisotopic (exact) mass is 317 g/mol. The first kappa shape index (κ1) is 15.2. The number of thiophene rings is 1.